The van der Waals surface area contributed by atoms with Crippen molar-refractivity contribution in [2.75, 3.05) is 4.72 Å². The van der Waals surface area contributed by atoms with Crippen molar-refractivity contribution in [2.24, 2.45) is 0 Å². The van der Waals surface area contributed by atoms with Crippen LogP contribution in [0.3, 0.4) is 0 Å². The van der Waals surface area contributed by atoms with Gasteiger partial charge in [-0.25, -0.2) is 18.1 Å². The lowest BCUT2D eigenvalue weighted by Gasteiger charge is -2.16. The number of alkyl halides is 6. The Bertz CT molecular complexity index is 846. The Kier molecular flexibility index (Phi) is 6.21. The smallest absolute Gasteiger partial charge is 0.247 e. The van der Waals surface area contributed by atoms with Gasteiger partial charge in [-0.15, -0.1) is 0 Å². The zero-order chi connectivity index (χ0) is 19.0. The Morgan fingerprint density at radius 3 is 1.68 bits per heavy atom. The first-order valence-corrected chi connectivity index (χ1v) is 10.0. The minimum atomic E-state index is -4.02. The number of nitrogens with one attached hydrogen (secondary N) is 1. The van der Waals surface area contributed by atoms with Crippen LogP contribution < -0.4 is 4.72 Å². The Hall–Kier alpha value is -0.280. The highest BCUT2D eigenvalue weighted by atomic mass is 35.6. The van der Waals surface area contributed by atoms with Gasteiger partial charge in [-0.2, -0.15) is 9.97 Å². The molecule has 0 saturated carbocycles. The summed E-state index contributed by atoms with van der Waals surface area (Å²) in [4.78, 5) is 11.2. The van der Waals surface area contributed by atoms with Crippen LogP contribution in [-0.4, -0.2) is 23.4 Å². The fourth-order valence-electron chi connectivity index (χ4n) is 1.57. The summed E-state index contributed by atoms with van der Waals surface area (Å²) in [5.74, 6) is -1.27. The van der Waals surface area contributed by atoms with Gasteiger partial charge in [0.1, 0.15) is 0 Å². The molecular weight excluding hydrogens is 477 g/mol. The molecule has 0 radical (unpaired) electrons. The molecule has 25 heavy (non-hydrogen) atoms. The third-order valence-electron chi connectivity index (χ3n) is 2.70. The summed E-state index contributed by atoms with van der Waals surface area (Å²) in [7, 11) is -4.02. The first-order chi connectivity index (χ1) is 11.3. The summed E-state index contributed by atoms with van der Waals surface area (Å²) in [5.41, 5.74) is 0.885. The standard InChI is InChI=1S/C12H8Cl6N4O2S/c1-6-2-4-7(5-3-6)25(23,24)22-10-20-8(11(13,14)15)19-9(21-10)12(16,17)18/h2-5H,1H3,(H,19,20,21,22). The number of hydrogen-bond donors (Lipinski definition) is 1. The molecule has 6 nitrogen and oxygen atoms in total. The van der Waals surface area contributed by atoms with E-state index in [0.717, 1.165) is 5.56 Å². The molecule has 0 aliphatic heterocycles. The van der Waals surface area contributed by atoms with Crippen molar-refractivity contribution >= 4 is 85.6 Å². The molecule has 0 atom stereocenters. The molecule has 1 N–H and O–H groups in total. The number of aryl methyl sites for hydroxylation is 1. The van der Waals surface area contributed by atoms with Crippen LogP contribution >= 0.6 is 69.6 Å². The Balaban J connectivity index is 2.49. The molecule has 1 heterocycles. The Morgan fingerprint density at radius 2 is 1.28 bits per heavy atom. The summed E-state index contributed by atoms with van der Waals surface area (Å²) in [6.45, 7) is 1.82. The SMILES string of the molecule is Cc1ccc(S(=O)(=O)Nc2nc(C(Cl)(Cl)Cl)nc(C(Cl)(Cl)Cl)n2)cc1. The van der Waals surface area contributed by atoms with Crippen molar-refractivity contribution in [3.05, 3.63) is 41.5 Å². The lowest BCUT2D eigenvalue weighted by atomic mass is 10.2. The van der Waals surface area contributed by atoms with Crippen molar-refractivity contribution in [3.63, 3.8) is 0 Å². The molecule has 2 rings (SSSR count). The lowest BCUT2D eigenvalue weighted by Crippen LogP contribution is -2.21. The largest absolute Gasteiger partial charge is 0.264 e. The van der Waals surface area contributed by atoms with Gasteiger partial charge in [0.15, 0.2) is 11.6 Å². The molecule has 1 aromatic carbocycles. The second kappa shape index (κ2) is 7.38. The van der Waals surface area contributed by atoms with Crippen molar-refractivity contribution in [1.82, 2.24) is 15.0 Å². The van der Waals surface area contributed by atoms with E-state index in [1.165, 1.54) is 12.1 Å². The molecule has 0 aliphatic rings. The minimum Gasteiger partial charge on any atom is -0.247 e. The van der Waals surface area contributed by atoms with E-state index in [9.17, 15) is 8.42 Å². The quantitative estimate of drug-likeness (QED) is 0.642. The zero-order valence-electron chi connectivity index (χ0n) is 12.1. The third-order valence-corrected chi connectivity index (χ3v) is 5.06. The van der Waals surface area contributed by atoms with Crippen LogP contribution in [0.5, 0.6) is 0 Å². The fourth-order valence-corrected chi connectivity index (χ4v) is 3.02. The van der Waals surface area contributed by atoms with Crippen LogP contribution in [0.4, 0.5) is 5.95 Å². The molecular formula is C12H8Cl6N4O2S. The van der Waals surface area contributed by atoms with Crippen LogP contribution in [0, 0.1) is 6.92 Å². The highest BCUT2D eigenvalue weighted by molar-refractivity contribution is 7.92. The first-order valence-electron chi connectivity index (χ1n) is 6.29. The monoisotopic (exact) mass is 482 g/mol. The average Bonchev–Trinajstić information content (AvgIpc) is 2.45. The molecule has 0 spiro atoms. The maximum Gasteiger partial charge on any atom is 0.264 e. The van der Waals surface area contributed by atoms with Gasteiger partial charge in [-0.1, -0.05) is 87.3 Å². The van der Waals surface area contributed by atoms with Gasteiger partial charge < -0.3 is 0 Å². The van der Waals surface area contributed by atoms with E-state index in [2.05, 4.69) is 19.7 Å². The van der Waals surface area contributed by atoms with E-state index < -0.39 is 35.2 Å². The molecule has 2 aromatic rings. The second-order valence-electron chi connectivity index (χ2n) is 4.72. The second-order valence-corrected chi connectivity index (χ2v) is 11.0. The van der Waals surface area contributed by atoms with Crippen molar-refractivity contribution in [2.45, 2.75) is 19.4 Å². The number of anilines is 1. The van der Waals surface area contributed by atoms with Gasteiger partial charge in [0.05, 0.1) is 4.90 Å². The number of benzene rings is 1. The minimum absolute atomic E-state index is 0.0237. The molecule has 13 heteroatoms. The van der Waals surface area contributed by atoms with Crippen LogP contribution in [0.25, 0.3) is 0 Å². The summed E-state index contributed by atoms with van der Waals surface area (Å²) in [6.07, 6.45) is 0. The molecule has 1 aromatic heterocycles. The van der Waals surface area contributed by atoms with E-state index in [0.29, 0.717) is 0 Å². The zero-order valence-corrected chi connectivity index (χ0v) is 17.5. The van der Waals surface area contributed by atoms with Crippen molar-refractivity contribution in [1.29, 1.82) is 0 Å². The maximum atomic E-state index is 12.4. The van der Waals surface area contributed by atoms with E-state index >= 15 is 0 Å². The summed E-state index contributed by atoms with van der Waals surface area (Å²) >= 11 is 34.4. The van der Waals surface area contributed by atoms with Gasteiger partial charge in [-0.05, 0) is 19.1 Å². The molecule has 0 saturated heterocycles. The van der Waals surface area contributed by atoms with Gasteiger partial charge in [-0.3, -0.25) is 0 Å². The highest BCUT2D eigenvalue weighted by Gasteiger charge is 2.34. The number of nitrogens with zero attached hydrogens (tertiary/aromatic N) is 3. The first kappa shape index (κ1) is 21.0. The lowest BCUT2D eigenvalue weighted by molar-refractivity contribution is 0.600. The predicted molar refractivity (Wildman–Crippen MR) is 100 cm³/mol. The third kappa shape index (κ3) is 5.60. The van der Waals surface area contributed by atoms with E-state index in [-0.39, 0.29) is 4.90 Å². The molecule has 0 amide bonds. The van der Waals surface area contributed by atoms with Gasteiger partial charge in [0.2, 0.25) is 13.5 Å². The summed E-state index contributed by atoms with van der Waals surface area (Å²) in [5, 5.41) is 0. The van der Waals surface area contributed by atoms with Crippen LogP contribution in [-0.2, 0) is 17.6 Å². The number of rotatable bonds is 3. The molecule has 0 bridgehead atoms. The van der Waals surface area contributed by atoms with Crippen LogP contribution in [0.2, 0.25) is 0 Å². The van der Waals surface area contributed by atoms with Crippen LogP contribution in [0.1, 0.15) is 17.2 Å². The van der Waals surface area contributed by atoms with Crippen LogP contribution in [0.15, 0.2) is 29.2 Å². The van der Waals surface area contributed by atoms with E-state index in [1.54, 1.807) is 12.1 Å². The number of sulfonamides is 1. The van der Waals surface area contributed by atoms with Gasteiger partial charge >= 0.3 is 0 Å². The van der Waals surface area contributed by atoms with Crippen molar-refractivity contribution in [3.8, 4) is 0 Å². The molecule has 0 fully saturated rings. The Morgan fingerprint density at radius 1 is 0.840 bits per heavy atom. The highest BCUT2D eigenvalue weighted by Crippen LogP contribution is 2.40. The average molecular weight is 485 g/mol. The van der Waals surface area contributed by atoms with Gasteiger partial charge in [0, 0.05) is 0 Å². The molecule has 136 valence electrons. The number of halogens is 6. The molecule has 0 unspecified atom stereocenters. The van der Waals surface area contributed by atoms with Gasteiger partial charge in [0.25, 0.3) is 10.0 Å². The van der Waals surface area contributed by atoms with E-state index in [4.69, 9.17) is 69.6 Å². The Labute approximate surface area is 173 Å². The van der Waals surface area contributed by atoms with E-state index in [1.807, 2.05) is 6.92 Å². The fraction of sp³-hybridized carbons (Fsp3) is 0.250. The number of aromatic nitrogens is 3. The topological polar surface area (TPSA) is 84.8 Å². The maximum absolute atomic E-state index is 12.4. The number of hydrogen-bond acceptors (Lipinski definition) is 5. The summed E-state index contributed by atoms with van der Waals surface area (Å²) < 4.78 is 22.8. The predicted octanol–water partition coefficient (Wildman–Crippen LogP) is 4.63. The normalized spacial score (nSPS) is 12.9. The van der Waals surface area contributed by atoms with Crippen molar-refractivity contribution < 1.29 is 8.42 Å². The molecule has 0 aliphatic carbocycles. The summed E-state index contributed by atoms with van der Waals surface area (Å²) in [6, 6.07) is 6.07.